The molecule has 1 aliphatic heterocycles. The van der Waals surface area contributed by atoms with Crippen LogP contribution >= 0.6 is 0 Å². The highest BCUT2D eigenvalue weighted by molar-refractivity contribution is 5.39. The topological polar surface area (TPSA) is 52.9 Å². The second-order valence-electron chi connectivity index (χ2n) is 5.47. The molecule has 0 amide bonds. The summed E-state index contributed by atoms with van der Waals surface area (Å²) in [5.41, 5.74) is 0.837. The molecule has 1 heterocycles. The average Bonchev–Trinajstić information content (AvgIpc) is 2.49. The normalized spacial score (nSPS) is 22.4. The number of nitrogens with zero attached hydrogens (tertiary/aromatic N) is 1. The molecule has 1 aliphatic rings. The summed E-state index contributed by atoms with van der Waals surface area (Å²) in [5, 5.41) is 18.6. The Hall–Kier alpha value is -1.54. The van der Waals surface area contributed by atoms with Gasteiger partial charge in [-0.1, -0.05) is 24.8 Å². The van der Waals surface area contributed by atoms with E-state index in [1.165, 1.54) is 0 Å². The first-order chi connectivity index (χ1) is 10.2. The van der Waals surface area contributed by atoms with Crippen molar-refractivity contribution >= 4 is 0 Å². The van der Waals surface area contributed by atoms with Crippen molar-refractivity contribution in [2.45, 2.75) is 19.4 Å². The first-order valence-corrected chi connectivity index (χ1v) is 7.42. The van der Waals surface area contributed by atoms with Crippen LogP contribution in [0.3, 0.4) is 0 Å². The number of hydrogen-bond acceptors (Lipinski definition) is 4. The van der Waals surface area contributed by atoms with Crippen LogP contribution in [-0.2, 0) is 0 Å². The number of β-amino-alcohol motifs (C(OH)–C–C–N with tert-alkyl or cyclic N) is 1. The van der Waals surface area contributed by atoms with E-state index >= 15 is 0 Å². The van der Waals surface area contributed by atoms with Crippen molar-refractivity contribution < 1.29 is 14.9 Å². The van der Waals surface area contributed by atoms with Gasteiger partial charge in [0.25, 0.3) is 0 Å². The molecule has 114 valence electrons. The Morgan fingerprint density at radius 2 is 2.29 bits per heavy atom. The van der Waals surface area contributed by atoms with E-state index in [-0.39, 0.29) is 12.7 Å². The number of aliphatic hydroxyl groups excluding tert-OH is 2. The zero-order valence-electron chi connectivity index (χ0n) is 12.5. The van der Waals surface area contributed by atoms with Crippen LogP contribution in [0.15, 0.2) is 24.3 Å². The number of piperidine rings is 1. The third-order valence-electron chi connectivity index (χ3n) is 3.82. The summed E-state index contributed by atoms with van der Waals surface area (Å²) < 4.78 is 5.74. The zero-order chi connectivity index (χ0) is 15.1. The molecule has 0 spiro atoms. The molecule has 1 fully saturated rings. The van der Waals surface area contributed by atoms with E-state index in [4.69, 9.17) is 9.84 Å². The lowest BCUT2D eigenvalue weighted by Gasteiger charge is -2.34. The number of aliphatic hydroxyl groups is 2. The lowest BCUT2D eigenvalue weighted by Crippen LogP contribution is -2.44. The summed E-state index contributed by atoms with van der Waals surface area (Å²) >= 11 is 0. The van der Waals surface area contributed by atoms with E-state index in [0.717, 1.165) is 37.4 Å². The molecule has 2 unspecified atom stereocenters. The van der Waals surface area contributed by atoms with Crippen molar-refractivity contribution in [3.63, 3.8) is 0 Å². The Balaban J connectivity index is 1.78. The standard InChI is InChI=1S/C17H23NO3/c1-14-7-8-18(13-17(14)20)9-11-21-16-6-2-4-15(12-16)5-3-10-19/h2,4,6,12,14,17,19-20H,7-11,13H2,1H3. The highest BCUT2D eigenvalue weighted by Crippen LogP contribution is 2.17. The first-order valence-electron chi connectivity index (χ1n) is 7.42. The van der Waals surface area contributed by atoms with Gasteiger partial charge in [0, 0.05) is 18.7 Å². The molecule has 1 aromatic rings. The van der Waals surface area contributed by atoms with Crippen LogP contribution in [0.4, 0.5) is 0 Å². The molecule has 1 aromatic carbocycles. The van der Waals surface area contributed by atoms with Gasteiger partial charge in [-0.25, -0.2) is 0 Å². The van der Waals surface area contributed by atoms with Crippen LogP contribution in [0.25, 0.3) is 0 Å². The lowest BCUT2D eigenvalue weighted by molar-refractivity contribution is 0.0244. The van der Waals surface area contributed by atoms with Crippen LogP contribution in [0.1, 0.15) is 18.9 Å². The molecular weight excluding hydrogens is 266 g/mol. The van der Waals surface area contributed by atoms with Gasteiger partial charge in [0.2, 0.25) is 0 Å². The summed E-state index contributed by atoms with van der Waals surface area (Å²) in [4.78, 5) is 2.24. The SMILES string of the molecule is CC1CCN(CCOc2cccc(C#CCO)c2)CC1O. The summed E-state index contributed by atoms with van der Waals surface area (Å²) in [6.45, 7) is 5.11. The molecular formula is C17H23NO3. The van der Waals surface area contributed by atoms with Crippen LogP contribution in [-0.4, -0.2) is 54.1 Å². The smallest absolute Gasteiger partial charge is 0.120 e. The number of likely N-dealkylation sites (tertiary alicyclic amines) is 1. The second kappa shape index (κ2) is 8.04. The third kappa shape index (κ3) is 5.05. The van der Waals surface area contributed by atoms with Gasteiger partial charge in [0.1, 0.15) is 19.0 Å². The lowest BCUT2D eigenvalue weighted by atomic mass is 9.96. The van der Waals surface area contributed by atoms with Gasteiger partial charge >= 0.3 is 0 Å². The molecule has 2 N–H and O–H groups in total. The predicted molar refractivity (Wildman–Crippen MR) is 82.1 cm³/mol. The van der Waals surface area contributed by atoms with Crippen molar-refractivity contribution in [1.82, 2.24) is 4.90 Å². The quantitative estimate of drug-likeness (QED) is 0.816. The maximum absolute atomic E-state index is 9.87. The van der Waals surface area contributed by atoms with E-state index < -0.39 is 0 Å². The minimum Gasteiger partial charge on any atom is -0.492 e. The van der Waals surface area contributed by atoms with Crippen molar-refractivity contribution in [3.05, 3.63) is 29.8 Å². The van der Waals surface area contributed by atoms with Gasteiger partial charge in [0.15, 0.2) is 0 Å². The minimum atomic E-state index is -0.226. The highest BCUT2D eigenvalue weighted by Gasteiger charge is 2.23. The molecule has 0 saturated carbocycles. The van der Waals surface area contributed by atoms with Crippen LogP contribution < -0.4 is 4.74 Å². The second-order valence-corrected chi connectivity index (χ2v) is 5.47. The van der Waals surface area contributed by atoms with E-state index in [9.17, 15) is 5.11 Å². The van der Waals surface area contributed by atoms with Crippen molar-refractivity contribution in [2.24, 2.45) is 5.92 Å². The van der Waals surface area contributed by atoms with E-state index in [1.807, 2.05) is 24.3 Å². The largest absolute Gasteiger partial charge is 0.492 e. The number of benzene rings is 1. The van der Waals surface area contributed by atoms with E-state index in [0.29, 0.717) is 12.5 Å². The molecule has 0 aliphatic carbocycles. The van der Waals surface area contributed by atoms with Crippen LogP contribution in [0.5, 0.6) is 5.75 Å². The Morgan fingerprint density at radius 3 is 3.05 bits per heavy atom. The molecule has 4 heteroatoms. The molecule has 0 aromatic heterocycles. The van der Waals surface area contributed by atoms with Crippen molar-refractivity contribution in [3.8, 4) is 17.6 Å². The Morgan fingerprint density at radius 1 is 1.43 bits per heavy atom. The summed E-state index contributed by atoms with van der Waals surface area (Å²) in [6.07, 6.45) is 0.809. The molecule has 4 nitrogen and oxygen atoms in total. The Kier molecular flexibility index (Phi) is 6.06. The predicted octanol–water partition coefficient (Wildman–Crippen LogP) is 1.11. The van der Waals surface area contributed by atoms with Crippen LogP contribution in [0, 0.1) is 17.8 Å². The van der Waals surface area contributed by atoms with E-state index in [1.54, 1.807) is 0 Å². The van der Waals surface area contributed by atoms with Crippen molar-refractivity contribution in [2.75, 3.05) is 32.8 Å². The molecule has 0 bridgehead atoms. The van der Waals surface area contributed by atoms with Gasteiger partial charge in [-0.2, -0.15) is 0 Å². The van der Waals surface area contributed by atoms with Crippen molar-refractivity contribution in [1.29, 1.82) is 0 Å². The minimum absolute atomic E-state index is 0.138. The van der Waals surface area contributed by atoms with Gasteiger partial charge in [-0.15, -0.1) is 0 Å². The van der Waals surface area contributed by atoms with Gasteiger partial charge in [-0.3, -0.25) is 4.90 Å². The summed E-state index contributed by atoms with van der Waals surface area (Å²) in [7, 11) is 0. The average molecular weight is 289 g/mol. The zero-order valence-corrected chi connectivity index (χ0v) is 12.5. The van der Waals surface area contributed by atoms with Crippen LogP contribution in [0.2, 0.25) is 0 Å². The Bertz CT molecular complexity index is 506. The molecule has 21 heavy (non-hydrogen) atoms. The number of hydrogen-bond donors (Lipinski definition) is 2. The summed E-state index contributed by atoms with van der Waals surface area (Å²) in [6, 6.07) is 7.55. The maximum Gasteiger partial charge on any atom is 0.120 e. The fourth-order valence-corrected chi connectivity index (χ4v) is 2.42. The molecule has 2 atom stereocenters. The third-order valence-corrected chi connectivity index (χ3v) is 3.82. The first kappa shape index (κ1) is 15.8. The van der Waals surface area contributed by atoms with Gasteiger partial charge in [-0.05, 0) is 37.1 Å². The fourth-order valence-electron chi connectivity index (χ4n) is 2.42. The molecule has 2 rings (SSSR count). The number of ether oxygens (including phenoxy) is 1. The summed E-state index contributed by atoms with van der Waals surface area (Å²) in [5.74, 6) is 6.66. The number of rotatable bonds is 4. The molecule has 0 radical (unpaired) electrons. The van der Waals surface area contributed by atoms with Gasteiger partial charge < -0.3 is 14.9 Å². The molecule has 1 saturated heterocycles. The Labute approximate surface area is 126 Å². The van der Waals surface area contributed by atoms with E-state index in [2.05, 4.69) is 23.7 Å². The monoisotopic (exact) mass is 289 g/mol. The highest BCUT2D eigenvalue weighted by atomic mass is 16.5. The maximum atomic E-state index is 9.87. The van der Waals surface area contributed by atoms with Gasteiger partial charge in [0.05, 0.1) is 6.10 Å². The fraction of sp³-hybridized carbons (Fsp3) is 0.529.